The molecule has 0 amide bonds. The molecule has 0 aliphatic heterocycles. The molecule has 0 atom stereocenters. The lowest BCUT2D eigenvalue weighted by atomic mass is 10.2. The van der Waals surface area contributed by atoms with Crippen molar-refractivity contribution in [2.45, 2.75) is 4.90 Å². The van der Waals surface area contributed by atoms with Crippen molar-refractivity contribution < 1.29 is 17.9 Å². The summed E-state index contributed by atoms with van der Waals surface area (Å²) in [5.41, 5.74) is 0.467. The van der Waals surface area contributed by atoms with Crippen LogP contribution in [0.25, 0.3) is 16.2 Å². The number of fused-ring (bicyclic) bond motifs is 1. The molecule has 0 spiro atoms. The minimum absolute atomic E-state index is 0.302. The summed E-state index contributed by atoms with van der Waals surface area (Å²) in [6.45, 7) is 0. The zero-order valence-electron chi connectivity index (χ0n) is 14.7. The summed E-state index contributed by atoms with van der Waals surface area (Å²) < 4.78 is 36.0. The van der Waals surface area contributed by atoms with Crippen molar-refractivity contribution in [1.29, 1.82) is 0 Å². The molecule has 1 aromatic heterocycles. The molecule has 0 N–H and O–H groups in total. The normalized spacial score (nSPS) is 11.9. The molecule has 28 heavy (non-hydrogen) atoms. The van der Waals surface area contributed by atoms with Crippen LogP contribution >= 0.6 is 34.5 Å². The van der Waals surface area contributed by atoms with Crippen LogP contribution in [0.3, 0.4) is 0 Å². The second-order valence-electron chi connectivity index (χ2n) is 5.65. The fourth-order valence-electron chi connectivity index (χ4n) is 2.50. The molecule has 0 aliphatic carbocycles. The Balaban J connectivity index is 2.12. The maximum Gasteiger partial charge on any atom is 0.251 e. The van der Waals surface area contributed by atoms with E-state index in [1.807, 2.05) is 0 Å². The van der Waals surface area contributed by atoms with E-state index in [-0.39, 0.29) is 4.90 Å². The Morgan fingerprint density at radius 3 is 2.43 bits per heavy atom. The van der Waals surface area contributed by atoms with Gasteiger partial charge in [-0.05, 0) is 35.9 Å². The van der Waals surface area contributed by atoms with Crippen molar-refractivity contribution in [2.75, 3.05) is 14.2 Å². The summed E-state index contributed by atoms with van der Waals surface area (Å²) in [6.07, 6.45) is 1.33. The molecule has 9 heteroatoms. The molecule has 2 aromatic carbocycles. The van der Waals surface area contributed by atoms with Crippen LogP contribution < -0.4 is 14.2 Å². The van der Waals surface area contributed by atoms with Gasteiger partial charge in [-0.2, -0.15) is 0 Å². The monoisotopic (exact) mass is 456 g/mol. The summed E-state index contributed by atoms with van der Waals surface area (Å²) in [4.78, 5) is 12.1. The number of rotatable bonds is 5. The van der Waals surface area contributed by atoms with Gasteiger partial charge < -0.3 is 9.47 Å². The number of halogens is 2. The lowest BCUT2D eigenvalue weighted by molar-refractivity contribution is 0.398. The quantitative estimate of drug-likeness (QED) is 0.538. The summed E-state index contributed by atoms with van der Waals surface area (Å²) in [6, 6.07) is 9.28. The number of ether oxygens (including phenoxy) is 2. The van der Waals surface area contributed by atoms with Gasteiger partial charge in [-0.25, -0.2) is 8.42 Å². The molecule has 0 saturated carbocycles. The molecule has 146 valence electrons. The number of benzene rings is 2. The Morgan fingerprint density at radius 2 is 1.79 bits per heavy atom. The van der Waals surface area contributed by atoms with Crippen molar-refractivity contribution in [3.8, 4) is 11.5 Å². The molecular formula is C19H14Cl2O5S2. The number of sulfone groups is 1. The summed E-state index contributed by atoms with van der Waals surface area (Å²) in [5, 5.41) is 2.19. The molecular weight excluding hydrogens is 443 g/mol. The van der Waals surface area contributed by atoms with Gasteiger partial charge in [0.05, 0.1) is 14.2 Å². The van der Waals surface area contributed by atoms with Crippen LogP contribution in [0.4, 0.5) is 0 Å². The minimum Gasteiger partial charge on any atom is -0.497 e. The highest BCUT2D eigenvalue weighted by molar-refractivity contribution is 7.94. The highest BCUT2D eigenvalue weighted by atomic mass is 35.5. The largest absolute Gasteiger partial charge is 0.497 e. The summed E-state index contributed by atoms with van der Waals surface area (Å²) in [5.74, 6) is 0.916. The SMILES string of the molecule is COc1cc(OC)c2cc(S(=O)(=O)/C=C/c3ccc(Cl)cc3Cl)c(=O)sc2c1. The highest BCUT2D eigenvalue weighted by Gasteiger charge is 2.19. The third kappa shape index (κ3) is 4.17. The predicted molar refractivity (Wildman–Crippen MR) is 114 cm³/mol. The molecule has 0 fully saturated rings. The van der Waals surface area contributed by atoms with Crippen LogP contribution in [0.15, 0.2) is 51.5 Å². The highest BCUT2D eigenvalue weighted by Crippen LogP contribution is 2.33. The Kier molecular flexibility index (Phi) is 6.00. The smallest absolute Gasteiger partial charge is 0.251 e. The molecule has 0 unspecified atom stereocenters. The van der Waals surface area contributed by atoms with E-state index in [1.165, 1.54) is 32.4 Å². The minimum atomic E-state index is -4.01. The van der Waals surface area contributed by atoms with Crippen molar-refractivity contribution in [1.82, 2.24) is 0 Å². The first-order valence-electron chi connectivity index (χ1n) is 7.83. The Hall–Kier alpha value is -2.06. The first-order chi connectivity index (χ1) is 13.2. The molecule has 0 bridgehead atoms. The lowest BCUT2D eigenvalue weighted by Crippen LogP contribution is -2.10. The average molecular weight is 457 g/mol. The zero-order valence-corrected chi connectivity index (χ0v) is 17.9. The second-order valence-corrected chi connectivity index (χ2v) is 9.31. The molecule has 0 aliphatic rings. The molecule has 3 rings (SSSR count). The number of hydrogen-bond acceptors (Lipinski definition) is 6. The predicted octanol–water partition coefficient (Wildman–Crippen LogP) is 5.03. The fraction of sp³-hybridized carbons (Fsp3) is 0.105. The summed E-state index contributed by atoms with van der Waals surface area (Å²) >= 11 is 12.7. The topological polar surface area (TPSA) is 69.7 Å². The Morgan fingerprint density at radius 1 is 1.04 bits per heavy atom. The van der Waals surface area contributed by atoms with Gasteiger partial charge in [-0.3, -0.25) is 4.79 Å². The van der Waals surface area contributed by atoms with Crippen molar-refractivity contribution in [3.63, 3.8) is 0 Å². The average Bonchev–Trinajstić information content (AvgIpc) is 2.65. The molecule has 1 heterocycles. The first kappa shape index (κ1) is 20.7. The van der Waals surface area contributed by atoms with Crippen LogP contribution in [0.2, 0.25) is 10.0 Å². The van der Waals surface area contributed by atoms with E-state index >= 15 is 0 Å². The van der Waals surface area contributed by atoms with E-state index in [2.05, 4.69) is 0 Å². The van der Waals surface area contributed by atoms with Crippen molar-refractivity contribution >= 4 is 60.5 Å². The summed E-state index contributed by atoms with van der Waals surface area (Å²) in [7, 11) is -1.06. The maximum atomic E-state index is 12.8. The molecule has 3 aromatic rings. The molecule has 5 nitrogen and oxygen atoms in total. The van der Waals surface area contributed by atoms with Crippen LogP contribution in [-0.2, 0) is 9.84 Å². The van der Waals surface area contributed by atoms with Crippen molar-refractivity contribution in [3.05, 3.63) is 67.0 Å². The van der Waals surface area contributed by atoms with Gasteiger partial charge in [0.15, 0.2) is 0 Å². The van der Waals surface area contributed by atoms with E-state index in [0.29, 0.717) is 37.2 Å². The Labute approximate surface area is 175 Å². The van der Waals surface area contributed by atoms with Gasteiger partial charge in [-0.15, -0.1) is 0 Å². The van der Waals surface area contributed by atoms with Gasteiger partial charge in [0, 0.05) is 31.6 Å². The van der Waals surface area contributed by atoms with Crippen LogP contribution in [0.5, 0.6) is 11.5 Å². The number of hydrogen-bond donors (Lipinski definition) is 0. The van der Waals surface area contributed by atoms with E-state index in [0.717, 1.165) is 16.7 Å². The third-order valence-electron chi connectivity index (χ3n) is 3.91. The zero-order chi connectivity index (χ0) is 20.5. The van der Waals surface area contributed by atoms with E-state index in [9.17, 15) is 13.2 Å². The standard InChI is InChI=1S/C19H14Cl2O5S2/c1-25-13-8-16(26-2)14-10-18(19(22)27-17(14)9-13)28(23,24)6-5-11-3-4-12(20)7-15(11)21/h3-10H,1-2H3/b6-5+. The Bertz CT molecular complexity index is 1250. The van der Waals surface area contributed by atoms with Gasteiger partial charge in [-0.1, -0.05) is 40.6 Å². The van der Waals surface area contributed by atoms with Gasteiger partial charge >= 0.3 is 0 Å². The lowest BCUT2D eigenvalue weighted by Gasteiger charge is -2.09. The van der Waals surface area contributed by atoms with E-state index < -0.39 is 14.6 Å². The van der Waals surface area contributed by atoms with Crippen LogP contribution in [0.1, 0.15) is 5.56 Å². The molecule has 0 radical (unpaired) electrons. The van der Waals surface area contributed by atoms with E-state index in [1.54, 1.807) is 24.3 Å². The van der Waals surface area contributed by atoms with Gasteiger partial charge in [0.25, 0.3) is 4.74 Å². The van der Waals surface area contributed by atoms with Gasteiger partial charge in [0.1, 0.15) is 16.4 Å². The number of methoxy groups -OCH3 is 2. The van der Waals surface area contributed by atoms with E-state index in [4.69, 9.17) is 32.7 Å². The molecule has 0 saturated heterocycles. The van der Waals surface area contributed by atoms with Crippen LogP contribution in [-0.4, -0.2) is 22.6 Å². The first-order valence-corrected chi connectivity index (χ1v) is 10.9. The van der Waals surface area contributed by atoms with Crippen molar-refractivity contribution in [2.24, 2.45) is 0 Å². The maximum absolute atomic E-state index is 12.8. The third-order valence-corrected chi connectivity index (χ3v) is 6.97. The van der Waals surface area contributed by atoms with Gasteiger partial charge in [0.2, 0.25) is 9.84 Å². The fourth-order valence-corrected chi connectivity index (χ4v) is 5.24. The van der Waals surface area contributed by atoms with Crippen LogP contribution in [0, 0.1) is 0 Å². The second kappa shape index (κ2) is 8.13.